The number of hydrogen-bond donors (Lipinski definition) is 2. The number of fused-ring (bicyclic) bond motifs is 1. The van der Waals surface area contributed by atoms with E-state index in [-0.39, 0.29) is 5.91 Å². The lowest BCUT2D eigenvalue weighted by Gasteiger charge is -2.00. The first-order valence-electron chi connectivity index (χ1n) is 6.26. The van der Waals surface area contributed by atoms with Gasteiger partial charge in [-0.1, -0.05) is 34.5 Å². The van der Waals surface area contributed by atoms with Crippen molar-refractivity contribution in [2.75, 3.05) is 0 Å². The van der Waals surface area contributed by atoms with Gasteiger partial charge >= 0.3 is 0 Å². The van der Waals surface area contributed by atoms with E-state index in [4.69, 9.17) is 29.0 Å². The fourth-order valence-electron chi connectivity index (χ4n) is 2.25. The molecule has 3 rings (SSSR count). The molecule has 3 aromatic rings. The van der Waals surface area contributed by atoms with Crippen molar-refractivity contribution in [3.63, 3.8) is 0 Å². The minimum Gasteiger partial charge on any atom is -0.290 e. The Morgan fingerprint density at radius 3 is 2.77 bits per heavy atom. The monoisotopic (exact) mass is 355 g/mol. The second-order valence-corrected chi connectivity index (χ2v) is 6.43. The van der Waals surface area contributed by atoms with Gasteiger partial charge < -0.3 is 0 Å². The number of aromatic nitrogens is 3. The van der Waals surface area contributed by atoms with Crippen LogP contribution < -0.4 is 11.3 Å². The molecule has 2 aromatic heterocycles. The van der Waals surface area contributed by atoms with Gasteiger partial charge in [0.05, 0.1) is 31.7 Å². The zero-order chi connectivity index (χ0) is 16.0. The van der Waals surface area contributed by atoms with Crippen molar-refractivity contribution in [2.45, 2.75) is 13.8 Å². The Balaban J connectivity index is 2.20. The average Bonchev–Trinajstić information content (AvgIpc) is 3.04. The highest BCUT2D eigenvalue weighted by molar-refractivity contribution is 7.20. The Kier molecular flexibility index (Phi) is 3.82. The lowest BCUT2D eigenvalue weighted by Crippen LogP contribution is -2.30. The second-order valence-electron chi connectivity index (χ2n) is 4.64. The molecule has 0 spiro atoms. The molecule has 1 aromatic carbocycles. The number of nitrogens with zero attached hydrogens (tertiary/aromatic N) is 3. The first-order valence-corrected chi connectivity index (χ1v) is 7.83. The van der Waals surface area contributed by atoms with Gasteiger partial charge in [0.1, 0.15) is 5.52 Å². The lowest BCUT2D eigenvalue weighted by molar-refractivity contribution is 0.0952. The highest BCUT2D eigenvalue weighted by atomic mass is 35.5. The van der Waals surface area contributed by atoms with Gasteiger partial charge in [0.15, 0.2) is 0 Å². The first-order chi connectivity index (χ1) is 10.4. The standard InChI is InChI=1S/C13H11Cl2N5OS/c1-5-9(12(21)18-16)6(2)20(19-5)13-17-11-8(22-13)4-3-7(14)10(11)15/h3-4H,16H2,1-2H3,(H,18,21). The van der Waals surface area contributed by atoms with Crippen LogP contribution in [0.15, 0.2) is 12.1 Å². The molecular formula is C13H11Cl2N5OS. The Hall–Kier alpha value is -1.67. The molecule has 0 aliphatic heterocycles. The molecular weight excluding hydrogens is 345 g/mol. The largest absolute Gasteiger partial charge is 0.290 e. The van der Waals surface area contributed by atoms with E-state index in [1.807, 2.05) is 6.07 Å². The summed E-state index contributed by atoms with van der Waals surface area (Å²) < 4.78 is 2.50. The van der Waals surface area contributed by atoms with E-state index in [2.05, 4.69) is 15.5 Å². The van der Waals surface area contributed by atoms with E-state index in [1.54, 1.807) is 24.6 Å². The summed E-state index contributed by atoms with van der Waals surface area (Å²) in [5, 5.41) is 5.83. The second kappa shape index (κ2) is 5.51. The van der Waals surface area contributed by atoms with E-state index < -0.39 is 0 Å². The Labute approximate surface area is 139 Å². The van der Waals surface area contributed by atoms with Crippen molar-refractivity contribution in [1.82, 2.24) is 20.2 Å². The van der Waals surface area contributed by atoms with Crippen molar-refractivity contribution in [3.8, 4) is 5.13 Å². The summed E-state index contributed by atoms with van der Waals surface area (Å²) in [6.45, 7) is 3.52. The smallest absolute Gasteiger partial charge is 0.268 e. The number of thiazole rings is 1. The number of nitrogens with one attached hydrogen (secondary N) is 1. The molecule has 0 atom stereocenters. The van der Waals surface area contributed by atoms with Crippen LogP contribution in [0.5, 0.6) is 0 Å². The van der Waals surface area contributed by atoms with E-state index in [0.29, 0.717) is 37.6 Å². The number of aryl methyl sites for hydroxylation is 1. The molecule has 6 nitrogen and oxygen atoms in total. The Bertz CT molecular complexity index is 902. The van der Waals surface area contributed by atoms with Crippen LogP contribution in [0.2, 0.25) is 10.0 Å². The summed E-state index contributed by atoms with van der Waals surface area (Å²) >= 11 is 13.6. The average molecular weight is 356 g/mol. The van der Waals surface area contributed by atoms with Crippen LogP contribution in [0.25, 0.3) is 15.3 Å². The number of halogens is 2. The third-order valence-electron chi connectivity index (χ3n) is 3.27. The topological polar surface area (TPSA) is 85.8 Å². The minimum atomic E-state index is -0.386. The fraction of sp³-hybridized carbons (Fsp3) is 0.154. The third-order valence-corrected chi connectivity index (χ3v) is 5.06. The number of carbonyl (C=O) groups is 1. The molecule has 0 aliphatic carbocycles. The van der Waals surface area contributed by atoms with Crippen LogP contribution in [-0.2, 0) is 0 Å². The molecule has 0 fully saturated rings. The van der Waals surface area contributed by atoms with Gasteiger partial charge in [-0.05, 0) is 26.0 Å². The third kappa shape index (κ3) is 2.26. The van der Waals surface area contributed by atoms with Crippen LogP contribution in [0.3, 0.4) is 0 Å². The molecule has 0 bridgehead atoms. The molecule has 0 radical (unpaired) electrons. The van der Waals surface area contributed by atoms with Crippen molar-refractivity contribution < 1.29 is 4.79 Å². The van der Waals surface area contributed by atoms with Crippen molar-refractivity contribution in [3.05, 3.63) is 39.1 Å². The van der Waals surface area contributed by atoms with Crippen LogP contribution in [0, 0.1) is 13.8 Å². The SMILES string of the molecule is Cc1nn(-c2nc3c(Cl)c(Cl)ccc3s2)c(C)c1C(=O)NN. The van der Waals surface area contributed by atoms with Crippen molar-refractivity contribution >= 4 is 50.7 Å². The van der Waals surface area contributed by atoms with Crippen molar-refractivity contribution in [1.29, 1.82) is 0 Å². The van der Waals surface area contributed by atoms with Gasteiger partial charge in [-0.3, -0.25) is 10.2 Å². The van der Waals surface area contributed by atoms with E-state index in [9.17, 15) is 4.79 Å². The summed E-state index contributed by atoms with van der Waals surface area (Å²) in [5.41, 5.74) is 4.40. The van der Waals surface area contributed by atoms with E-state index in [0.717, 1.165) is 4.70 Å². The molecule has 22 heavy (non-hydrogen) atoms. The lowest BCUT2D eigenvalue weighted by atomic mass is 10.2. The number of carbonyl (C=O) groups excluding carboxylic acids is 1. The molecule has 114 valence electrons. The maximum atomic E-state index is 11.8. The molecule has 0 unspecified atom stereocenters. The number of rotatable bonds is 2. The van der Waals surface area contributed by atoms with Gasteiger partial charge in [-0.25, -0.2) is 15.5 Å². The van der Waals surface area contributed by atoms with Crippen LogP contribution in [0.1, 0.15) is 21.7 Å². The molecule has 9 heteroatoms. The number of hydrogen-bond acceptors (Lipinski definition) is 5. The van der Waals surface area contributed by atoms with Crippen LogP contribution in [0.4, 0.5) is 0 Å². The summed E-state index contributed by atoms with van der Waals surface area (Å²) in [4.78, 5) is 16.3. The highest BCUT2D eigenvalue weighted by Gasteiger charge is 2.21. The molecule has 1 amide bonds. The normalized spacial score (nSPS) is 11.1. The highest BCUT2D eigenvalue weighted by Crippen LogP contribution is 2.35. The molecule has 0 aliphatic rings. The van der Waals surface area contributed by atoms with Gasteiger partial charge in [0.25, 0.3) is 5.91 Å². The maximum absolute atomic E-state index is 11.8. The zero-order valence-electron chi connectivity index (χ0n) is 11.6. The Morgan fingerprint density at radius 2 is 2.09 bits per heavy atom. The van der Waals surface area contributed by atoms with Gasteiger partial charge in [0.2, 0.25) is 5.13 Å². The number of hydrazine groups is 1. The number of nitrogen functional groups attached to an aromatic ring is 1. The van der Waals surface area contributed by atoms with E-state index in [1.165, 1.54) is 11.3 Å². The number of benzene rings is 1. The summed E-state index contributed by atoms with van der Waals surface area (Å²) in [5.74, 6) is 4.82. The summed E-state index contributed by atoms with van der Waals surface area (Å²) in [6.07, 6.45) is 0. The number of amides is 1. The summed E-state index contributed by atoms with van der Waals surface area (Å²) in [7, 11) is 0. The molecule has 2 heterocycles. The number of nitrogens with two attached hydrogens (primary N) is 1. The van der Waals surface area contributed by atoms with Crippen LogP contribution >= 0.6 is 34.5 Å². The fourth-order valence-corrected chi connectivity index (χ4v) is 3.64. The van der Waals surface area contributed by atoms with E-state index >= 15 is 0 Å². The van der Waals surface area contributed by atoms with Gasteiger partial charge in [-0.2, -0.15) is 5.10 Å². The summed E-state index contributed by atoms with van der Waals surface area (Å²) in [6, 6.07) is 3.58. The molecule has 3 N–H and O–H groups in total. The Morgan fingerprint density at radius 1 is 1.36 bits per heavy atom. The molecule has 0 saturated carbocycles. The van der Waals surface area contributed by atoms with Crippen molar-refractivity contribution in [2.24, 2.45) is 5.84 Å². The van der Waals surface area contributed by atoms with Gasteiger partial charge in [-0.15, -0.1) is 0 Å². The predicted octanol–water partition coefficient (Wildman–Crippen LogP) is 3.01. The first kappa shape index (κ1) is 15.2. The minimum absolute atomic E-state index is 0.386. The zero-order valence-corrected chi connectivity index (χ0v) is 14.0. The maximum Gasteiger partial charge on any atom is 0.268 e. The predicted molar refractivity (Wildman–Crippen MR) is 87.9 cm³/mol. The van der Waals surface area contributed by atoms with Crippen LogP contribution in [-0.4, -0.2) is 20.7 Å². The van der Waals surface area contributed by atoms with Gasteiger partial charge in [0, 0.05) is 0 Å². The molecule has 0 saturated heterocycles. The quantitative estimate of drug-likeness (QED) is 0.420.